The average molecular weight is 347 g/mol. The van der Waals surface area contributed by atoms with Crippen molar-refractivity contribution < 1.29 is 14.1 Å². The van der Waals surface area contributed by atoms with Gasteiger partial charge in [0.25, 0.3) is 11.6 Å². The number of nitro groups is 1. The van der Waals surface area contributed by atoms with E-state index in [9.17, 15) is 14.9 Å². The lowest BCUT2D eigenvalue weighted by atomic mass is 10.1. The molecule has 2 heterocycles. The van der Waals surface area contributed by atoms with E-state index in [-0.39, 0.29) is 17.3 Å². The van der Waals surface area contributed by atoms with Crippen molar-refractivity contribution >= 4 is 46.1 Å². The molecule has 1 aliphatic heterocycles. The van der Waals surface area contributed by atoms with Crippen LogP contribution in [0.5, 0.6) is 0 Å². The Hall–Kier alpha value is -2.52. The number of nitro benzene ring substituents is 1. The van der Waals surface area contributed by atoms with Crippen LogP contribution in [0.25, 0.3) is 11.3 Å². The Morgan fingerprint density at radius 3 is 2.91 bits per heavy atom. The number of hydrogen-bond donors (Lipinski definition) is 0. The Morgan fingerprint density at radius 2 is 2.22 bits per heavy atom. The summed E-state index contributed by atoms with van der Waals surface area (Å²) in [6, 6.07) is 9.47. The molecule has 0 atom stereocenters. The third-order valence-electron chi connectivity index (χ3n) is 3.00. The van der Waals surface area contributed by atoms with Crippen LogP contribution in [0.4, 0.5) is 5.69 Å². The number of hydrazone groups is 1. The highest BCUT2D eigenvalue weighted by Crippen LogP contribution is 2.25. The first-order valence-corrected chi connectivity index (χ1v) is 7.82. The van der Waals surface area contributed by atoms with E-state index in [0.29, 0.717) is 21.4 Å². The normalized spacial score (nSPS) is 14.9. The lowest BCUT2D eigenvalue weighted by Crippen LogP contribution is -2.22. The summed E-state index contributed by atoms with van der Waals surface area (Å²) in [5.41, 5.74) is 0.571. The zero-order chi connectivity index (χ0) is 16.4. The summed E-state index contributed by atoms with van der Waals surface area (Å²) in [7, 11) is 0. The average Bonchev–Trinajstić information content (AvgIpc) is 3.13. The summed E-state index contributed by atoms with van der Waals surface area (Å²) in [4.78, 5) is 21.9. The first-order valence-electron chi connectivity index (χ1n) is 6.43. The molecule has 1 aromatic carbocycles. The van der Waals surface area contributed by atoms with E-state index in [1.165, 1.54) is 30.1 Å². The van der Waals surface area contributed by atoms with Gasteiger partial charge in [-0.3, -0.25) is 14.9 Å². The van der Waals surface area contributed by atoms with Gasteiger partial charge in [0.05, 0.1) is 16.9 Å². The fourth-order valence-corrected chi connectivity index (χ4v) is 2.89. The standard InChI is InChI=1S/C14H9N3O4S2/c18-13-8-23-14(22)16(13)15-7-11-4-5-12(21-11)9-2-1-3-10(6-9)17(19)20/h1-7H,8H2/b15-7-. The molecule has 3 rings (SSSR count). The van der Waals surface area contributed by atoms with Crippen LogP contribution < -0.4 is 0 Å². The summed E-state index contributed by atoms with van der Waals surface area (Å²) >= 11 is 6.27. The lowest BCUT2D eigenvalue weighted by Gasteiger charge is -2.05. The highest BCUT2D eigenvalue weighted by atomic mass is 32.2. The molecule has 0 aliphatic carbocycles. The monoisotopic (exact) mass is 347 g/mol. The Kier molecular flexibility index (Phi) is 4.22. The summed E-state index contributed by atoms with van der Waals surface area (Å²) in [6.07, 6.45) is 1.39. The zero-order valence-corrected chi connectivity index (χ0v) is 13.2. The van der Waals surface area contributed by atoms with Gasteiger partial charge in [0.1, 0.15) is 11.5 Å². The maximum absolute atomic E-state index is 11.5. The Morgan fingerprint density at radius 1 is 1.39 bits per heavy atom. The number of nitrogens with zero attached hydrogens (tertiary/aromatic N) is 3. The molecule has 116 valence electrons. The van der Waals surface area contributed by atoms with E-state index in [2.05, 4.69) is 5.10 Å². The predicted octanol–water partition coefficient (Wildman–Crippen LogP) is 3.05. The van der Waals surface area contributed by atoms with Crippen LogP contribution in [-0.4, -0.2) is 32.1 Å². The van der Waals surface area contributed by atoms with Crippen LogP contribution in [0.2, 0.25) is 0 Å². The molecule has 1 fully saturated rings. The van der Waals surface area contributed by atoms with Gasteiger partial charge in [-0.05, 0) is 12.1 Å². The minimum absolute atomic E-state index is 0.0147. The molecule has 0 N–H and O–H groups in total. The number of carbonyl (C=O) groups is 1. The molecular weight excluding hydrogens is 338 g/mol. The van der Waals surface area contributed by atoms with E-state index in [1.54, 1.807) is 24.3 Å². The predicted molar refractivity (Wildman–Crippen MR) is 90.3 cm³/mol. The molecule has 1 saturated heterocycles. The first kappa shape index (κ1) is 15.4. The molecule has 9 heteroatoms. The number of furan rings is 1. The quantitative estimate of drug-likeness (QED) is 0.365. The van der Waals surface area contributed by atoms with Crippen LogP contribution in [0.1, 0.15) is 5.76 Å². The Balaban J connectivity index is 1.81. The van der Waals surface area contributed by atoms with E-state index in [0.717, 1.165) is 5.01 Å². The van der Waals surface area contributed by atoms with Crippen LogP contribution >= 0.6 is 24.0 Å². The molecule has 0 bridgehead atoms. The first-order chi connectivity index (χ1) is 11.0. The Bertz CT molecular complexity index is 815. The Labute approximate surface area is 140 Å². The second-order valence-corrected chi connectivity index (χ2v) is 6.12. The van der Waals surface area contributed by atoms with Crippen molar-refractivity contribution in [3.05, 3.63) is 52.3 Å². The fourth-order valence-electron chi connectivity index (χ4n) is 1.92. The van der Waals surface area contributed by atoms with Gasteiger partial charge in [0.2, 0.25) is 0 Å². The topological polar surface area (TPSA) is 89.0 Å². The third kappa shape index (κ3) is 3.30. The molecule has 1 amide bonds. The minimum atomic E-state index is -0.466. The number of carbonyl (C=O) groups excluding carboxylic acids is 1. The van der Waals surface area contributed by atoms with Gasteiger partial charge in [-0.25, -0.2) is 0 Å². The molecule has 2 aromatic rings. The summed E-state index contributed by atoms with van der Waals surface area (Å²) in [6.45, 7) is 0. The highest BCUT2D eigenvalue weighted by Gasteiger charge is 2.26. The van der Waals surface area contributed by atoms with Gasteiger partial charge in [-0.1, -0.05) is 36.1 Å². The van der Waals surface area contributed by atoms with Crippen molar-refractivity contribution in [1.29, 1.82) is 0 Å². The number of amides is 1. The van der Waals surface area contributed by atoms with Crippen molar-refractivity contribution in [2.75, 3.05) is 5.75 Å². The van der Waals surface area contributed by atoms with Gasteiger partial charge in [0, 0.05) is 17.7 Å². The fraction of sp³-hybridized carbons (Fsp3) is 0.0714. The minimum Gasteiger partial charge on any atom is -0.455 e. The lowest BCUT2D eigenvalue weighted by molar-refractivity contribution is -0.384. The van der Waals surface area contributed by atoms with Gasteiger partial charge < -0.3 is 4.42 Å². The number of benzene rings is 1. The molecule has 0 unspecified atom stereocenters. The summed E-state index contributed by atoms with van der Waals surface area (Å²) in [5, 5.41) is 16.0. The zero-order valence-electron chi connectivity index (χ0n) is 11.5. The van der Waals surface area contributed by atoms with Gasteiger partial charge in [-0.2, -0.15) is 10.1 Å². The summed E-state index contributed by atoms with van der Waals surface area (Å²) < 4.78 is 5.97. The van der Waals surface area contributed by atoms with Crippen molar-refractivity contribution in [2.24, 2.45) is 5.10 Å². The van der Waals surface area contributed by atoms with Crippen LogP contribution in [0.15, 0.2) is 45.9 Å². The van der Waals surface area contributed by atoms with E-state index < -0.39 is 4.92 Å². The highest BCUT2D eigenvalue weighted by molar-refractivity contribution is 8.23. The van der Waals surface area contributed by atoms with Crippen molar-refractivity contribution in [2.45, 2.75) is 0 Å². The van der Waals surface area contributed by atoms with Crippen LogP contribution in [-0.2, 0) is 4.79 Å². The maximum atomic E-state index is 11.5. The molecule has 0 spiro atoms. The van der Waals surface area contributed by atoms with Crippen molar-refractivity contribution in [3.8, 4) is 11.3 Å². The number of non-ortho nitro benzene ring substituents is 1. The van der Waals surface area contributed by atoms with Gasteiger partial charge in [0.15, 0.2) is 4.32 Å². The second-order valence-electron chi connectivity index (χ2n) is 4.51. The molecule has 7 nitrogen and oxygen atoms in total. The molecule has 0 radical (unpaired) electrons. The van der Waals surface area contributed by atoms with Gasteiger partial charge in [-0.15, -0.1) is 0 Å². The van der Waals surface area contributed by atoms with E-state index in [1.807, 2.05) is 0 Å². The molecule has 0 saturated carbocycles. The van der Waals surface area contributed by atoms with Crippen molar-refractivity contribution in [1.82, 2.24) is 5.01 Å². The maximum Gasteiger partial charge on any atom is 0.270 e. The molecular formula is C14H9N3O4S2. The number of thioether (sulfide) groups is 1. The number of hydrogen-bond acceptors (Lipinski definition) is 7. The third-order valence-corrected chi connectivity index (χ3v) is 4.33. The van der Waals surface area contributed by atoms with E-state index >= 15 is 0 Å². The smallest absolute Gasteiger partial charge is 0.270 e. The van der Waals surface area contributed by atoms with Crippen LogP contribution in [0, 0.1) is 10.1 Å². The largest absolute Gasteiger partial charge is 0.455 e. The number of thiocarbonyl (C=S) groups is 1. The van der Waals surface area contributed by atoms with Crippen molar-refractivity contribution in [3.63, 3.8) is 0 Å². The number of rotatable bonds is 4. The van der Waals surface area contributed by atoms with Crippen LogP contribution in [0.3, 0.4) is 0 Å². The summed E-state index contributed by atoms with van der Waals surface area (Å²) in [5.74, 6) is 0.994. The SMILES string of the molecule is O=C1CSC(=S)N1/N=C\c1ccc(-c2cccc([N+](=O)[O-])c2)o1. The van der Waals surface area contributed by atoms with E-state index in [4.69, 9.17) is 16.6 Å². The second kappa shape index (κ2) is 6.31. The van der Waals surface area contributed by atoms with Gasteiger partial charge >= 0.3 is 0 Å². The molecule has 1 aliphatic rings. The molecule has 1 aromatic heterocycles. The molecule has 23 heavy (non-hydrogen) atoms.